The van der Waals surface area contributed by atoms with Crippen LogP contribution < -0.4 is 0 Å². The lowest BCUT2D eigenvalue weighted by atomic mass is 10.0. The van der Waals surface area contributed by atoms with Crippen LogP contribution in [0.1, 0.15) is 17.2 Å². The number of aromatic nitrogens is 1. The lowest BCUT2D eigenvalue weighted by Gasteiger charge is -2.15. The Labute approximate surface area is 88.2 Å². The van der Waals surface area contributed by atoms with Gasteiger partial charge in [-0.15, -0.1) is 0 Å². The first-order valence-corrected chi connectivity index (χ1v) is 4.17. The lowest BCUT2D eigenvalue weighted by molar-refractivity contribution is -0.138. The molecule has 0 aromatic carbocycles. The molecule has 86 valence electrons. The van der Waals surface area contributed by atoms with Gasteiger partial charge in [-0.2, -0.15) is 13.2 Å². The molecule has 1 aromatic heterocycles. The van der Waals surface area contributed by atoms with Crippen molar-refractivity contribution in [2.75, 3.05) is 6.61 Å². The molecule has 0 bridgehead atoms. The van der Waals surface area contributed by atoms with Crippen LogP contribution in [0.2, 0.25) is 0 Å². The Hall–Kier alpha value is -1.79. The molecule has 5 nitrogen and oxygen atoms in total. The van der Waals surface area contributed by atoms with Crippen molar-refractivity contribution < 1.29 is 18.3 Å². The van der Waals surface area contributed by atoms with Crippen LogP contribution in [0.15, 0.2) is 23.6 Å². The van der Waals surface area contributed by atoms with Gasteiger partial charge in [-0.3, -0.25) is 4.98 Å². The van der Waals surface area contributed by atoms with Gasteiger partial charge in [0.15, 0.2) is 0 Å². The molecule has 0 aliphatic carbocycles. The number of nitrogens with zero attached hydrogens (tertiary/aromatic N) is 4. The highest BCUT2D eigenvalue weighted by molar-refractivity contribution is 5.29. The van der Waals surface area contributed by atoms with Crippen LogP contribution in [0.25, 0.3) is 10.4 Å². The van der Waals surface area contributed by atoms with E-state index in [0.717, 1.165) is 12.3 Å². The second-order valence-electron chi connectivity index (χ2n) is 2.86. The minimum Gasteiger partial charge on any atom is -0.396 e. The number of hydrogen-bond donors (Lipinski definition) is 1. The predicted molar refractivity (Wildman–Crippen MR) is 48.2 cm³/mol. The van der Waals surface area contributed by atoms with Gasteiger partial charge in [0.1, 0.15) is 0 Å². The van der Waals surface area contributed by atoms with Crippen molar-refractivity contribution in [3.63, 3.8) is 0 Å². The SMILES string of the molecule is [N-]=[N+]=NC(CO)c1ccncc1C(F)(F)F. The smallest absolute Gasteiger partial charge is 0.396 e. The van der Waals surface area contributed by atoms with E-state index in [1.807, 2.05) is 0 Å². The molecule has 1 aromatic rings. The molecular formula is C8H7F3N4O. The summed E-state index contributed by atoms with van der Waals surface area (Å²) in [4.78, 5) is 5.74. The molecule has 0 radical (unpaired) electrons. The molecule has 0 amide bonds. The van der Waals surface area contributed by atoms with Crippen molar-refractivity contribution in [3.05, 3.63) is 40.0 Å². The van der Waals surface area contributed by atoms with Gasteiger partial charge >= 0.3 is 6.18 Å². The zero-order chi connectivity index (χ0) is 12.2. The van der Waals surface area contributed by atoms with Gasteiger partial charge in [-0.1, -0.05) is 5.11 Å². The van der Waals surface area contributed by atoms with Crippen molar-refractivity contribution in [2.24, 2.45) is 5.11 Å². The van der Waals surface area contributed by atoms with Crippen LogP contribution in [-0.4, -0.2) is 16.7 Å². The van der Waals surface area contributed by atoms with Crippen molar-refractivity contribution >= 4 is 0 Å². The average molecular weight is 232 g/mol. The molecule has 16 heavy (non-hydrogen) atoms. The van der Waals surface area contributed by atoms with Crippen LogP contribution in [0.4, 0.5) is 13.2 Å². The van der Waals surface area contributed by atoms with Gasteiger partial charge in [0.05, 0.1) is 18.2 Å². The Morgan fingerprint density at radius 1 is 1.56 bits per heavy atom. The Morgan fingerprint density at radius 2 is 2.25 bits per heavy atom. The van der Waals surface area contributed by atoms with Gasteiger partial charge in [-0.25, -0.2) is 0 Å². The molecule has 0 saturated heterocycles. The number of rotatable bonds is 3. The molecule has 1 atom stereocenters. The summed E-state index contributed by atoms with van der Waals surface area (Å²) >= 11 is 0. The molecule has 0 spiro atoms. The highest BCUT2D eigenvalue weighted by atomic mass is 19.4. The van der Waals surface area contributed by atoms with Gasteiger partial charge < -0.3 is 5.11 Å². The molecule has 1 N–H and O–H groups in total. The van der Waals surface area contributed by atoms with Crippen molar-refractivity contribution in [1.82, 2.24) is 4.98 Å². The van der Waals surface area contributed by atoms with E-state index >= 15 is 0 Å². The maximum Gasteiger partial charge on any atom is 0.418 e. The van der Waals surface area contributed by atoms with Crippen LogP contribution in [-0.2, 0) is 6.18 Å². The van der Waals surface area contributed by atoms with E-state index in [4.69, 9.17) is 10.6 Å². The minimum atomic E-state index is -4.60. The number of halogens is 3. The van der Waals surface area contributed by atoms with Crippen LogP contribution >= 0.6 is 0 Å². The Morgan fingerprint density at radius 3 is 2.75 bits per heavy atom. The van der Waals surface area contributed by atoms with E-state index in [0.29, 0.717) is 6.20 Å². The van der Waals surface area contributed by atoms with E-state index < -0.39 is 24.4 Å². The van der Waals surface area contributed by atoms with E-state index in [2.05, 4.69) is 15.0 Å². The third-order valence-electron chi connectivity index (χ3n) is 1.88. The zero-order valence-electron chi connectivity index (χ0n) is 7.89. The monoisotopic (exact) mass is 232 g/mol. The third-order valence-corrected chi connectivity index (χ3v) is 1.88. The molecule has 0 aliphatic rings. The number of hydrogen-bond acceptors (Lipinski definition) is 3. The van der Waals surface area contributed by atoms with E-state index in [-0.39, 0.29) is 5.56 Å². The van der Waals surface area contributed by atoms with Crippen LogP contribution in [0, 0.1) is 0 Å². The minimum absolute atomic E-state index is 0.289. The summed E-state index contributed by atoms with van der Waals surface area (Å²) in [6.07, 6.45) is -2.83. The van der Waals surface area contributed by atoms with Gasteiger partial charge in [0, 0.05) is 17.3 Å². The molecular weight excluding hydrogens is 225 g/mol. The number of azide groups is 1. The quantitative estimate of drug-likeness (QED) is 0.493. The molecule has 1 heterocycles. The second-order valence-corrected chi connectivity index (χ2v) is 2.86. The number of pyridine rings is 1. The van der Waals surface area contributed by atoms with Gasteiger partial charge in [0.25, 0.3) is 0 Å². The molecule has 0 aliphatic heterocycles. The fourth-order valence-electron chi connectivity index (χ4n) is 1.19. The second kappa shape index (κ2) is 4.82. The topological polar surface area (TPSA) is 81.9 Å². The van der Waals surface area contributed by atoms with Crippen LogP contribution in [0.3, 0.4) is 0 Å². The standard InChI is InChI=1S/C8H7F3N4O/c9-8(10,11)6-3-13-2-1-5(6)7(4-16)14-15-12/h1-3,7,16H,4H2. The third kappa shape index (κ3) is 2.62. The normalized spacial score (nSPS) is 13.0. The first kappa shape index (κ1) is 12.3. The summed E-state index contributed by atoms with van der Waals surface area (Å²) in [7, 11) is 0. The Bertz CT molecular complexity index is 414. The Balaban J connectivity index is 3.27. The van der Waals surface area contributed by atoms with Crippen LogP contribution in [0.5, 0.6) is 0 Å². The molecule has 8 heteroatoms. The summed E-state index contributed by atoms with van der Waals surface area (Å²) in [6.45, 7) is -0.697. The molecule has 0 saturated carbocycles. The maximum atomic E-state index is 12.5. The first-order valence-electron chi connectivity index (χ1n) is 4.17. The summed E-state index contributed by atoms with van der Waals surface area (Å²) in [5.74, 6) is 0. The van der Waals surface area contributed by atoms with E-state index in [9.17, 15) is 13.2 Å². The van der Waals surface area contributed by atoms with Crippen molar-refractivity contribution in [2.45, 2.75) is 12.2 Å². The summed E-state index contributed by atoms with van der Waals surface area (Å²) < 4.78 is 37.6. The van der Waals surface area contributed by atoms with Crippen molar-refractivity contribution in [1.29, 1.82) is 0 Å². The predicted octanol–water partition coefficient (Wildman–Crippen LogP) is 2.44. The molecule has 0 fully saturated rings. The summed E-state index contributed by atoms with van der Waals surface area (Å²) in [6, 6.07) is -0.192. The van der Waals surface area contributed by atoms with Gasteiger partial charge in [-0.05, 0) is 17.2 Å². The zero-order valence-corrected chi connectivity index (χ0v) is 7.89. The number of alkyl halides is 3. The number of aliphatic hydroxyl groups excluding tert-OH is 1. The fourth-order valence-corrected chi connectivity index (χ4v) is 1.19. The van der Waals surface area contributed by atoms with E-state index in [1.54, 1.807) is 0 Å². The molecule has 1 rings (SSSR count). The summed E-state index contributed by atoms with van der Waals surface area (Å²) in [5.41, 5.74) is 6.87. The largest absolute Gasteiger partial charge is 0.418 e. The molecule has 1 unspecified atom stereocenters. The number of aliphatic hydroxyl groups is 1. The maximum absolute atomic E-state index is 12.5. The lowest BCUT2D eigenvalue weighted by Crippen LogP contribution is -2.13. The fraction of sp³-hybridized carbons (Fsp3) is 0.375. The highest BCUT2D eigenvalue weighted by Gasteiger charge is 2.35. The Kier molecular flexibility index (Phi) is 3.70. The highest BCUT2D eigenvalue weighted by Crippen LogP contribution is 2.34. The van der Waals surface area contributed by atoms with Crippen molar-refractivity contribution in [3.8, 4) is 0 Å². The van der Waals surface area contributed by atoms with Gasteiger partial charge in [0.2, 0.25) is 0 Å². The summed E-state index contributed by atoms with van der Waals surface area (Å²) in [5, 5.41) is 11.9. The average Bonchev–Trinajstić information content (AvgIpc) is 2.25. The first-order chi connectivity index (χ1) is 7.50. The van der Waals surface area contributed by atoms with E-state index in [1.165, 1.54) is 0 Å².